The second kappa shape index (κ2) is 6.97. The summed E-state index contributed by atoms with van der Waals surface area (Å²) in [5.41, 5.74) is 1.63. The molecule has 9 heteroatoms. The van der Waals surface area contributed by atoms with Crippen LogP contribution in [0.5, 0.6) is 5.75 Å². The smallest absolute Gasteiger partial charge is 0.313 e. The zero-order chi connectivity index (χ0) is 15.4. The number of aryl methyl sites for hydroxylation is 1. The highest BCUT2D eigenvalue weighted by atomic mass is 35.5. The van der Waals surface area contributed by atoms with Gasteiger partial charge in [0.1, 0.15) is 5.75 Å². The van der Waals surface area contributed by atoms with Gasteiger partial charge in [-0.05, 0) is 18.6 Å². The van der Waals surface area contributed by atoms with Crippen molar-refractivity contribution in [3.05, 3.63) is 22.7 Å². The van der Waals surface area contributed by atoms with E-state index in [0.717, 1.165) is 23.0 Å². The summed E-state index contributed by atoms with van der Waals surface area (Å²) in [6.45, 7) is 1.89. The van der Waals surface area contributed by atoms with Gasteiger partial charge in [0.2, 0.25) is 5.13 Å². The van der Waals surface area contributed by atoms with Crippen LogP contribution >= 0.6 is 34.7 Å². The van der Waals surface area contributed by atoms with Crippen LogP contribution in [0.25, 0.3) is 0 Å². The number of carboxylic acids is 1. The molecule has 0 spiro atoms. The lowest BCUT2D eigenvalue weighted by Crippen LogP contribution is -1.96. The summed E-state index contributed by atoms with van der Waals surface area (Å²) in [5.74, 6) is -0.335. The van der Waals surface area contributed by atoms with Crippen molar-refractivity contribution in [2.75, 3.05) is 18.2 Å². The number of nitrogens with one attached hydrogen (secondary N) is 1. The number of carbonyl (C=O) groups is 1. The molecule has 0 saturated heterocycles. The molecule has 0 bridgehead atoms. The fourth-order valence-corrected chi connectivity index (χ4v) is 3.13. The van der Waals surface area contributed by atoms with Crippen LogP contribution in [0.2, 0.25) is 5.02 Å². The van der Waals surface area contributed by atoms with Crippen LogP contribution in [-0.2, 0) is 4.79 Å². The summed E-state index contributed by atoms with van der Waals surface area (Å²) in [7, 11) is 1.56. The van der Waals surface area contributed by atoms with Gasteiger partial charge in [-0.3, -0.25) is 4.79 Å². The Labute approximate surface area is 134 Å². The van der Waals surface area contributed by atoms with E-state index in [9.17, 15) is 4.79 Å². The Morgan fingerprint density at radius 2 is 2.29 bits per heavy atom. The highest BCUT2D eigenvalue weighted by molar-refractivity contribution is 8.01. The second-order valence-electron chi connectivity index (χ2n) is 3.98. The van der Waals surface area contributed by atoms with Crippen molar-refractivity contribution in [3.63, 3.8) is 0 Å². The van der Waals surface area contributed by atoms with Gasteiger partial charge >= 0.3 is 5.97 Å². The van der Waals surface area contributed by atoms with Gasteiger partial charge in [-0.1, -0.05) is 34.7 Å². The number of thioether (sulfide) groups is 1. The van der Waals surface area contributed by atoms with Crippen molar-refractivity contribution in [3.8, 4) is 5.75 Å². The van der Waals surface area contributed by atoms with Crippen LogP contribution in [0, 0.1) is 6.92 Å². The van der Waals surface area contributed by atoms with E-state index in [1.807, 2.05) is 13.0 Å². The van der Waals surface area contributed by atoms with E-state index in [1.54, 1.807) is 13.2 Å². The molecule has 0 fully saturated rings. The summed E-state index contributed by atoms with van der Waals surface area (Å²) in [4.78, 5) is 10.5. The first-order chi connectivity index (χ1) is 9.99. The molecule has 6 nitrogen and oxygen atoms in total. The maximum Gasteiger partial charge on any atom is 0.313 e. The van der Waals surface area contributed by atoms with Crippen LogP contribution in [0.4, 0.5) is 10.8 Å². The Morgan fingerprint density at radius 1 is 1.52 bits per heavy atom. The van der Waals surface area contributed by atoms with E-state index in [-0.39, 0.29) is 5.75 Å². The topological polar surface area (TPSA) is 84.3 Å². The predicted molar refractivity (Wildman–Crippen MR) is 84.3 cm³/mol. The number of aliphatic carboxylic acids is 1. The molecule has 0 aliphatic rings. The van der Waals surface area contributed by atoms with Crippen molar-refractivity contribution in [2.24, 2.45) is 0 Å². The summed E-state index contributed by atoms with van der Waals surface area (Å²) in [5, 5.41) is 20.8. The number of anilines is 2. The number of ether oxygens (including phenoxy) is 1. The maximum absolute atomic E-state index is 10.5. The number of methoxy groups -OCH3 is 1. The number of halogens is 1. The molecule has 0 aliphatic carbocycles. The number of carboxylic acid groups (broad SMARTS) is 1. The lowest BCUT2D eigenvalue weighted by atomic mass is 10.2. The zero-order valence-corrected chi connectivity index (χ0v) is 13.6. The maximum atomic E-state index is 10.5. The minimum atomic E-state index is -0.889. The second-order valence-corrected chi connectivity index (χ2v) is 6.59. The summed E-state index contributed by atoms with van der Waals surface area (Å²) in [6.07, 6.45) is 0. The zero-order valence-electron chi connectivity index (χ0n) is 11.2. The van der Waals surface area contributed by atoms with Crippen molar-refractivity contribution in [2.45, 2.75) is 11.3 Å². The van der Waals surface area contributed by atoms with Gasteiger partial charge < -0.3 is 15.2 Å². The first-order valence-corrected chi connectivity index (χ1v) is 7.97. The standard InChI is InChI=1S/C12H12ClN3O3S2/c1-6-3-8(9(19-2)4-7(6)13)14-11-15-16-12(21-11)20-5-10(17)18/h3-4H,5H2,1-2H3,(H,14,15)(H,17,18). The summed E-state index contributed by atoms with van der Waals surface area (Å²) in [6, 6.07) is 3.58. The third-order valence-corrected chi connectivity index (χ3v) is 4.81. The van der Waals surface area contributed by atoms with Gasteiger partial charge in [-0.25, -0.2) is 0 Å². The molecule has 0 saturated carbocycles. The number of benzene rings is 1. The fraction of sp³-hybridized carbons (Fsp3) is 0.250. The Bertz CT molecular complexity index is 663. The summed E-state index contributed by atoms with van der Waals surface area (Å²) < 4.78 is 5.85. The molecule has 0 atom stereocenters. The number of hydrogen-bond acceptors (Lipinski definition) is 7. The predicted octanol–water partition coefficient (Wildman–Crippen LogP) is 3.43. The molecule has 0 radical (unpaired) electrons. The molecule has 0 amide bonds. The van der Waals surface area contributed by atoms with Crippen molar-refractivity contribution in [1.82, 2.24) is 10.2 Å². The number of hydrogen-bond donors (Lipinski definition) is 2. The third kappa shape index (κ3) is 4.23. The molecule has 0 unspecified atom stereocenters. The molecule has 1 aromatic heterocycles. The largest absolute Gasteiger partial charge is 0.495 e. The average molecular weight is 346 g/mol. The SMILES string of the molecule is COc1cc(Cl)c(C)cc1Nc1nnc(SCC(=O)O)s1. The lowest BCUT2D eigenvalue weighted by Gasteiger charge is -2.10. The molecule has 0 aliphatic heterocycles. The van der Waals surface area contributed by atoms with Crippen LogP contribution in [0.15, 0.2) is 16.5 Å². The van der Waals surface area contributed by atoms with Gasteiger partial charge in [-0.15, -0.1) is 10.2 Å². The normalized spacial score (nSPS) is 10.4. The van der Waals surface area contributed by atoms with Crippen LogP contribution in [-0.4, -0.2) is 34.1 Å². The van der Waals surface area contributed by atoms with Gasteiger partial charge in [0.25, 0.3) is 0 Å². The van der Waals surface area contributed by atoms with E-state index in [0.29, 0.717) is 20.2 Å². The number of rotatable bonds is 6. The highest BCUT2D eigenvalue weighted by Crippen LogP contribution is 2.34. The Balaban J connectivity index is 2.15. The molecule has 21 heavy (non-hydrogen) atoms. The molecule has 1 aromatic carbocycles. The third-order valence-electron chi connectivity index (χ3n) is 2.45. The van der Waals surface area contributed by atoms with Crippen LogP contribution in [0.3, 0.4) is 0 Å². The fourth-order valence-electron chi connectivity index (χ4n) is 1.49. The van der Waals surface area contributed by atoms with E-state index in [1.165, 1.54) is 11.3 Å². The van der Waals surface area contributed by atoms with Crippen molar-refractivity contribution < 1.29 is 14.6 Å². The van der Waals surface area contributed by atoms with Crippen molar-refractivity contribution in [1.29, 1.82) is 0 Å². The Morgan fingerprint density at radius 3 is 2.95 bits per heavy atom. The molecule has 2 rings (SSSR count). The van der Waals surface area contributed by atoms with Crippen LogP contribution in [0.1, 0.15) is 5.56 Å². The molecular formula is C12H12ClN3O3S2. The Kier molecular flexibility index (Phi) is 5.27. The molecule has 2 aromatic rings. The van der Waals surface area contributed by atoms with Gasteiger partial charge in [-0.2, -0.15) is 0 Å². The molecule has 112 valence electrons. The van der Waals surface area contributed by atoms with E-state index < -0.39 is 5.97 Å². The minimum Gasteiger partial charge on any atom is -0.495 e. The molecule has 1 heterocycles. The monoisotopic (exact) mass is 345 g/mol. The minimum absolute atomic E-state index is 0.0436. The average Bonchev–Trinajstić information content (AvgIpc) is 2.88. The van der Waals surface area contributed by atoms with Crippen LogP contribution < -0.4 is 10.1 Å². The van der Waals surface area contributed by atoms with Gasteiger partial charge in [0, 0.05) is 11.1 Å². The summed E-state index contributed by atoms with van der Waals surface area (Å²) >= 11 is 8.46. The number of aromatic nitrogens is 2. The van der Waals surface area contributed by atoms with E-state index in [4.69, 9.17) is 21.4 Å². The van der Waals surface area contributed by atoms with E-state index in [2.05, 4.69) is 15.5 Å². The van der Waals surface area contributed by atoms with Gasteiger partial charge in [0.05, 0.1) is 18.6 Å². The first kappa shape index (κ1) is 15.9. The van der Waals surface area contributed by atoms with E-state index >= 15 is 0 Å². The molecular weight excluding hydrogens is 334 g/mol. The first-order valence-electron chi connectivity index (χ1n) is 5.79. The van der Waals surface area contributed by atoms with Gasteiger partial charge in [0.15, 0.2) is 4.34 Å². The quantitative estimate of drug-likeness (QED) is 0.776. The lowest BCUT2D eigenvalue weighted by molar-refractivity contribution is -0.133. The number of nitrogens with zero attached hydrogens (tertiary/aromatic N) is 2. The van der Waals surface area contributed by atoms with Crippen molar-refractivity contribution >= 4 is 51.5 Å². The Hall–Kier alpha value is -1.51. The highest BCUT2D eigenvalue weighted by Gasteiger charge is 2.11. The molecule has 2 N–H and O–H groups in total.